The van der Waals surface area contributed by atoms with E-state index in [0.717, 1.165) is 12.1 Å². The molecule has 0 aromatic heterocycles. The third-order valence-corrected chi connectivity index (χ3v) is 5.38. The quantitative estimate of drug-likeness (QED) is 0.569. The molecule has 156 valence electrons. The van der Waals surface area contributed by atoms with Gasteiger partial charge in [0, 0.05) is 5.69 Å². The molecule has 3 aromatic carbocycles. The lowest BCUT2D eigenvalue weighted by atomic mass is 10.3. The van der Waals surface area contributed by atoms with E-state index in [1.165, 1.54) is 43.5 Å². The molecule has 0 spiro atoms. The maximum Gasteiger partial charge on any atom is 0.262 e. The average Bonchev–Trinajstić information content (AvgIpc) is 2.74. The van der Waals surface area contributed by atoms with Crippen LogP contribution in [0, 0.1) is 5.82 Å². The van der Waals surface area contributed by atoms with Crippen LogP contribution in [0.15, 0.2) is 77.7 Å². The largest absolute Gasteiger partial charge is 0.495 e. The summed E-state index contributed by atoms with van der Waals surface area (Å²) in [7, 11) is -2.34. The Bertz CT molecular complexity index is 1120. The van der Waals surface area contributed by atoms with Gasteiger partial charge in [0.1, 0.15) is 17.3 Å². The van der Waals surface area contributed by atoms with Crippen LogP contribution < -0.4 is 19.5 Å². The number of hydrogen-bond acceptors (Lipinski definition) is 5. The number of sulfonamides is 1. The molecule has 0 aliphatic rings. The Labute approximate surface area is 173 Å². The molecule has 0 radical (unpaired) electrons. The van der Waals surface area contributed by atoms with E-state index in [-0.39, 0.29) is 17.2 Å². The van der Waals surface area contributed by atoms with E-state index in [4.69, 9.17) is 9.47 Å². The highest BCUT2D eigenvalue weighted by Gasteiger charge is 2.15. The number of halogens is 1. The molecule has 0 unspecified atom stereocenters. The van der Waals surface area contributed by atoms with Gasteiger partial charge in [-0.15, -0.1) is 0 Å². The van der Waals surface area contributed by atoms with Crippen LogP contribution in [0.2, 0.25) is 0 Å². The van der Waals surface area contributed by atoms with Gasteiger partial charge in [-0.25, -0.2) is 12.8 Å². The monoisotopic (exact) mass is 430 g/mol. The molecule has 0 saturated heterocycles. The molecule has 0 saturated carbocycles. The number of methoxy groups -OCH3 is 1. The Kier molecular flexibility index (Phi) is 6.53. The summed E-state index contributed by atoms with van der Waals surface area (Å²) in [5.74, 6) is -0.0108. The van der Waals surface area contributed by atoms with Crippen LogP contribution >= 0.6 is 0 Å². The second-order valence-corrected chi connectivity index (χ2v) is 7.80. The van der Waals surface area contributed by atoms with E-state index in [2.05, 4.69) is 10.0 Å². The van der Waals surface area contributed by atoms with Crippen LogP contribution in [0.4, 0.5) is 15.8 Å². The minimum Gasteiger partial charge on any atom is -0.495 e. The van der Waals surface area contributed by atoms with Gasteiger partial charge < -0.3 is 14.8 Å². The number of ether oxygens (including phenoxy) is 2. The Morgan fingerprint density at radius 1 is 0.967 bits per heavy atom. The Morgan fingerprint density at radius 2 is 1.63 bits per heavy atom. The molecule has 30 heavy (non-hydrogen) atoms. The summed E-state index contributed by atoms with van der Waals surface area (Å²) in [6, 6.07) is 17.5. The van der Waals surface area contributed by atoms with E-state index < -0.39 is 21.7 Å². The summed E-state index contributed by atoms with van der Waals surface area (Å²) in [6.45, 7) is -0.266. The van der Waals surface area contributed by atoms with Gasteiger partial charge in [-0.1, -0.05) is 12.1 Å². The highest BCUT2D eigenvalue weighted by atomic mass is 32.2. The van der Waals surface area contributed by atoms with Crippen molar-refractivity contribution in [3.63, 3.8) is 0 Å². The molecule has 0 atom stereocenters. The lowest BCUT2D eigenvalue weighted by Crippen LogP contribution is -2.20. The average molecular weight is 430 g/mol. The molecule has 0 bridgehead atoms. The summed E-state index contributed by atoms with van der Waals surface area (Å²) in [5, 5.41) is 2.68. The zero-order valence-corrected chi connectivity index (χ0v) is 16.8. The number of para-hydroxylation sites is 2. The van der Waals surface area contributed by atoms with Gasteiger partial charge in [0.25, 0.3) is 15.9 Å². The van der Waals surface area contributed by atoms with Crippen molar-refractivity contribution >= 4 is 27.3 Å². The van der Waals surface area contributed by atoms with Crippen molar-refractivity contribution in [2.75, 3.05) is 23.8 Å². The Balaban J connectivity index is 1.58. The smallest absolute Gasteiger partial charge is 0.262 e. The molecular formula is C21H19FN2O5S. The van der Waals surface area contributed by atoms with Gasteiger partial charge in [0.05, 0.1) is 17.7 Å². The van der Waals surface area contributed by atoms with E-state index in [0.29, 0.717) is 17.2 Å². The van der Waals surface area contributed by atoms with Gasteiger partial charge in [0.2, 0.25) is 0 Å². The number of benzene rings is 3. The first kappa shape index (κ1) is 21.1. The number of hydrogen-bond donors (Lipinski definition) is 2. The molecule has 3 rings (SSSR count). The standard InChI is InChI=1S/C21H19FN2O5S/c1-28-20-5-3-2-4-19(20)23-21(25)14-29-17-10-12-18(13-11-17)30(26,27)24-16-8-6-15(22)7-9-16/h2-13,24H,14H2,1H3,(H,23,25). The lowest BCUT2D eigenvalue weighted by Gasteiger charge is -2.11. The molecule has 9 heteroatoms. The number of carbonyl (C=O) groups is 1. The molecular weight excluding hydrogens is 411 g/mol. The van der Waals surface area contributed by atoms with Crippen LogP contribution in [-0.2, 0) is 14.8 Å². The summed E-state index contributed by atoms with van der Waals surface area (Å²) in [4.78, 5) is 12.1. The second kappa shape index (κ2) is 9.27. The molecule has 2 N–H and O–H groups in total. The second-order valence-electron chi connectivity index (χ2n) is 6.12. The fourth-order valence-corrected chi connectivity index (χ4v) is 3.59. The highest BCUT2D eigenvalue weighted by molar-refractivity contribution is 7.92. The number of rotatable bonds is 8. The maximum absolute atomic E-state index is 13.0. The summed E-state index contributed by atoms with van der Waals surface area (Å²) in [5.41, 5.74) is 0.756. The van der Waals surface area contributed by atoms with Crippen molar-refractivity contribution in [3.8, 4) is 11.5 Å². The fraction of sp³-hybridized carbons (Fsp3) is 0.0952. The van der Waals surface area contributed by atoms with Gasteiger partial charge in [-0.3, -0.25) is 9.52 Å². The van der Waals surface area contributed by atoms with Crippen LogP contribution in [0.3, 0.4) is 0 Å². The zero-order chi connectivity index (χ0) is 21.6. The molecule has 0 heterocycles. The van der Waals surface area contributed by atoms with E-state index >= 15 is 0 Å². The normalized spacial score (nSPS) is 10.9. The molecule has 1 amide bonds. The zero-order valence-electron chi connectivity index (χ0n) is 16.0. The molecule has 3 aromatic rings. The number of anilines is 2. The van der Waals surface area contributed by atoms with Crippen molar-refractivity contribution in [1.82, 2.24) is 0 Å². The Hall–Kier alpha value is -3.59. The van der Waals surface area contributed by atoms with Crippen molar-refractivity contribution in [1.29, 1.82) is 0 Å². The third-order valence-electron chi connectivity index (χ3n) is 3.98. The Morgan fingerprint density at radius 3 is 2.30 bits per heavy atom. The van der Waals surface area contributed by atoms with Crippen molar-refractivity contribution in [3.05, 3.63) is 78.6 Å². The first-order valence-corrected chi connectivity index (χ1v) is 10.3. The summed E-state index contributed by atoms with van der Waals surface area (Å²) in [6.07, 6.45) is 0. The van der Waals surface area contributed by atoms with Crippen molar-refractivity contribution in [2.45, 2.75) is 4.90 Å². The predicted octanol–water partition coefficient (Wildman–Crippen LogP) is 3.65. The number of amides is 1. The SMILES string of the molecule is COc1ccccc1NC(=O)COc1ccc(S(=O)(=O)Nc2ccc(F)cc2)cc1. The topological polar surface area (TPSA) is 93.7 Å². The van der Waals surface area contributed by atoms with Crippen LogP contribution in [0.1, 0.15) is 0 Å². The van der Waals surface area contributed by atoms with Gasteiger partial charge in [0.15, 0.2) is 6.61 Å². The molecule has 0 fully saturated rings. The number of nitrogens with one attached hydrogen (secondary N) is 2. The van der Waals surface area contributed by atoms with Crippen LogP contribution in [0.25, 0.3) is 0 Å². The van der Waals surface area contributed by atoms with Crippen molar-refractivity contribution < 1.29 is 27.1 Å². The number of carbonyl (C=O) groups excluding carboxylic acids is 1. The van der Waals surface area contributed by atoms with Gasteiger partial charge in [-0.2, -0.15) is 0 Å². The molecule has 0 aliphatic heterocycles. The van der Waals surface area contributed by atoms with Gasteiger partial charge in [-0.05, 0) is 60.7 Å². The first-order valence-electron chi connectivity index (χ1n) is 8.81. The minimum absolute atomic E-state index is 0.00218. The fourth-order valence-electron chi connectivity index (χ4n) is 2.53. The summed E-state index contributed by atoms with van der Waals surface area (Å²) >= 11 is 0. The maximum atomic E-state index is 13.0. The molecule has 0 aliphatic carbocycles. The van der Waals surface area contributed by atoms with Gasteiger partial charge >= 0.3 is 0 Å². The lowest BCUT2D eigenvalue weighted by molar-refractivity contribution is -0.118. The highest BCUT2D eigenvalue weighted by Crippen LogP contribution is 2.23. The third kappa shape index (κ3) is 5.48. The molecule has 7 nitrogen and oxygen atoms in total. The van der Waals surface area contributed by atoms with E-state index in [1.54, 1.807) is 24.3 Å². The van der Waals surface area contributed by atoms with Crippen molar-refractivity contribution in [2.24, 2.45) is 0 Å². The van der Waals surface area contributed by atoms with Crippen LogP contribution in [0.5, 0.6) is 11.5 Å². The minimum atomic E-state index is -3.84. The van der Waals surface area contributed by atoms with E-state index in [1.807, 2.05) is 0 Å². The predicted molar refractivity (Wildman–Crippen MR) is 111 cm³/mol. The van der Waals surface area contributed by atoms with E-state index in [9.17, 15) is 17.6 Å². The van der Waals surface area contributed by atoms with Crippen LogP contribution in [-0.4, -0.2) is 28.0 Å². The summed E-state index contributed by atoms with van der Waals surface area (Å²) < 4.78 is 50.7. The first-order chi connectivity index (χ1) is 14.4.